The Kier molecular flexibility index (Phi) is 4.75. The molecule has 0 unspecified atom stereocenters. The van der Waals surface area contributed by atoms with Gasteiger partial charge in [-0.15, -0.1) is 0 Å². The smallest absolute Gasteiger partial charge is 0.227 e. The van der Waals surface area contributed by atoms with Crippen LogP contribution in [-0.2, 0) is 20.7 Å². The highest BCUT2D eigenvalue weighted by atomic mass is 16.5. The van der Waals surface area contributed by atoms with Crippen molar-refractivity contribution in [2.45, 2.75) is 57.1 Å². The first-order valence-corrected chi connectivity index (χ1v) is 9.53. The fourth-order valence-corrected chi connectivity index (χ4v) is 4.40. The summed E-state index contributed by atoms with van der Waals surface area (Å²) in [4.78, 5) is 28.5. The van der Waals surface area contributed by atoms with Crippen LogP contribution in [0.4, 0.5) is 5.69 Å². The van der Waals surface area contributed by atoms with Crippen LogP contribution in [0.25, 0.3) is 0 Å². The van der Waals surface area contributed by atoms with Crippen molar-refractivity contribution in [1.82, 2.24) is 4.90 Å². The first kappa shape index (κ1) is 16.6. The van der Waals surface area contributed by atoms with Crippen molar-refractivity contribution in [3.63, 3.8) is 0 Å². The summed E-state index contributed by atoms with van der Waals surface area (Å²) in [7, 11) is 0. The molecular weight excluding hydrogens is 316 g/mol. The number of hydrogen-bond acceptors (Lipinski definition) is 3. The highest BCUT2D eigenvalue weighted by Crippen LogP contribution is 2.29. The van der Waals surface area contributed by atoms with E-state index < -0.39 is 0 Å². The highest BCUT2D eigenvalue weighted by molar-refractivity contribution is 5.95. The molecule has 0 spiro atoms. The number of anilines is 1. The third-order valence-corrected chi connectivity index (χ3v) is 5.73. The molecule has 25 heavy (non-hydrogen) atoms. The van der Waals surface area contributed by atoms with E-state index in [1.54, 1.807) is 0 Å². The van der Waals surface area contributed by atoms with Gasteiger partial charge in [0.1, 0.15) is 0 Å². The summed E-state index contributed by atoms with van der Waals surface area (Å²) in [5.74, 6) is 0.394. The maximum Gasteiger partial charge on any atom is 0.227 e. The Balaban J connectivity index is 1.41. The lowest BCUT2D eigenvalue weighted by atomic mass is 9.90. The minimum absolute atomic E-state index is 0.195. The zero-order valence-corrected chi connectivity index (χ0v) is 14.7. The summed E-state index contributed by atoms with van der Waals surface area (Å²) in [6.45, 7) is 2.16. The minimum Gasteiger partial charge on any atom is -0.374 e. The fraction of sp³-hybridized carbons (Fsp3) is 0.600. The summed E-state index contributed by atoms with van der Waals surface area (Å²) in [6.07, 6.45) is 6.76. The first-order chi connectivity index (χ1) is 12.2. The Bertz CT molecular complexity index is 641. The highest BCUT2D eigenvalue weighted by Gasteiger charge is 2.36. The van der Waals surface area contributed by atoms with Crippen LogP contribution < -0.4 is 4.90 Å². The van der Waals surface area contributed by atoms with E-state index in [2.05, 4.69) is 0 Å². The van der Waals surface area contributed by atoms with Crippen LogP contribution in [0.3, 0.4) is 0 Å². The Morgan fingerprint density at radius 3 is 2.64 bits per heavy atom. The molecule has 2 saturated heterocycles. The monoisotopic (exact) mass is 342 g/mol. The van der Waals surface area contributed by atoms with E-state index >= 15 is 0 Å². The van der Waals surface area contributed by atoms with Gasteiger partial charge in [-0.1, -0.05) is 25.0 Å². The summed E-state index contributed by atoms with van der Waals surface area (Å²) < 4.78 is 5.86. The van der Waals surface area contributed by atoms with Crippen molar-refractivity contribution < 1.29 is 14.3 Å². The molecule has 0 aromatic heterocycles. The van der Waals surface area contributed by atoms with Crippen LogP contribution >= 0.6 is 0 Å². The molecule has 2 heterocycles. The number of amides is 2. The van der Waals surface area contributed by atoms with Gasteiger partial charge >= 0.3 is 0 Å². The lowest BCUT2D eigenvalue weighted by molar-refractivity contribution is -0.148. The molecule has 1 aromatic carbocycles. The van der Waals surface area contributed by atoms with Crippen LogP contribution in [0.2, 0.25) is 0 Å². The maximum absolute atomic E-state index is 12.8. The van der Waals surface area contributed by atoms with Gasteiger partial charge in [0.05, 0.1) is 25.2 Å². The Labute approximate surface area is 148 Å². The van der Waals surface area contributed by atoms with Crippen molar-refractivity contribution >= 4 is 17.5 Å². The summed E-state index contributed by atoms with van der Waals surface area (Å²) in [5.41, 5.74) is 1.96. The van der Waals surface area contributed by atoms with E-state index in [0.29, 0.717) is 26.0 Å². The van der Waals surface area contributed by atoms with Crippen molar-refractivity contribution in [3.8, 4) is 0 Å². The topological polar surface area (TPSA) is 49.9 Å². The number of fused-ring (bicyclic) bond motifs is 1. The van der Waals surface area contributed by atoms with Gasteiger partial charge in [-0.05, 0) is 37.0 Å². The van der Waals surface area contributed by atoms with Gasteiger partial charge in [-0.2, -0.15) is 0 Å². The van der Waals surface area contributed by atoms with Crippen LogP contribution in [-0.4, -0.2) is 48.6 Å². The minimum atomic E-state index is 0.195. The average Bonchev–Trinajstić information content (AvgIpc) is 3.08. The van der Waals surface area contributed by atoms with E-state index in [0.717, 1.165) is 37.1 Å². The zero-order chi connectivity index (χ0) is 17.2. The molecule has 3 aliphatic rings. The predicted octanol–water partition coefficient (Wildman–Crippen LogP) is 2.53. The molecule has 0 N–H and O–H groups in total. The molecule has 1 aliphatic carbocycles. The number of rotatable bonds is 3. The number of carbonyl (C=O) groups excluding carboxylic acids is 2. The molecule has 1 saturated carbocycles. The molecule has 1 aromatic rings. The van der Waals surface area contributed by atoms with Gasteiger partial charge < -0.3 is 14.5 Å². The predicted molar refractivity (Wildman–Crippen MR) is 95.4 cm³/mol. The Morgan fingerprint density at radius 1 is 1.08 bits per heavy atom. The van der Waals surface area contributed by atoms with Gasteiger partial charge in [0, 0.05) is 25.2 Å². The molecule has 2 aliphatic heterocycles. The molecule has 2 amide bonds. The molecule has 4 rings (SSSR count). The van der Waals surface area contributed by atoms with Crippen molar-refractivity contribution in [1.29, 1.82) is 0 Å². The Morgan fingerprint density at radius 2 is 1.88 bits per heavy atom. The van der Waals surface area contributed by atoms with Gasteiger partial charge in [-0.3, -0.25) is 9.59 Å². The van der Waals surface area contributed by atoms with Crippen molar-refractivity contribution in [2.24, 2.45) is 0 Å². The summed E-state index contributed by atoms with van der Waals surface area (Å²) in [6, 6.07) is 8.16. The molecule has 3 fully saturated rings. The summed E-state index contributed by atoms with van der Waals surface area (Å²) in [5, 5.41) is 0. The second kappa shape index (κ2) is 7.16. The van der Waals surface area contributed by atoms with Crippen LogP contribution in [0.5, 0.6) is 0 Å². The standard InChI is InChI=1S/C20H26N2O3/c23-19-6-3-11-21(19)16-9-7-15(8-10-16)14-20(24)22-12-13-25-18-5-2-1-4-17(18)22/h7-10,17-18H,1-6,11-14H2/t17-,18-/m0/s1. The molecule has 5 nitrogen and oxygen atoms in total. The van der Waals surface area contributed by atoms with Gasteiger partial charge in [0.2, 0.25) is 11.8 Å². The van der Waals surface area contributed by atoms with E-state index in [9.17, 15) is 9.59 Å². The third kappa shape index (κ3) is 3.43. The van der Waals surface area contributed by atoms with Crippen molar-refractivity contribution in [2.75, 3.05) is 24.6 Å². The van der Waals surface area contributed by atoms with E-state index in [4.69, 9.17) is 4.74 Å². The van der Waals surface area contributed by atoms with Crippen molar-refractivity contribution in [3.05, 3.63) is 29.8 Å². The number of nitrogens with zero attached hydrogens (tertiary/aromatic N) is 2. The zero-order valence-electron chi connectivity index (χ0n) is 14.7. The van der Waals surface area contributed by atoms with E-state index in [1.807, 2.05) is 34.1 Å². The molecule has 134 valence electrons. The van der Waals surface area contributed by atoms with Gasteiger partial charge in [0.25, 0.3) is 0 Å². The van der Waals surface area contributed by atoms with E-state index in [-0.39, 0.29) is 24.0 Å². The second-order valence-corrected chi connectivity index (χ2v) is 7.34. The number of ether oxygens (including phenoxy) is 1. The Hall–Kier alpha value is -1.88. The number of carbonyl (C=O) groups is 2. The maximum atomic E-state index is 12.8. The fourth-order valence-electron chi connectivity index (χ4n) is 4.40. The number of morpholine rings is 1. The summed E-state index contributed by atoms with van der Waals surface area (Å²) >= 11 is 0. The lowest BCUT2D eigenvalue weighted by Crippen LogP contribution is -2.55. The van der Waals surface area contributed by atoms with Gasteiger partial charge in [0.15, 0.2) is 0 Å². The van der Waals surface area contributed by atoms with Crippen LogP contribution in [0.15, 0.2) is 24.3 Å². The lowest BCUT2D eigenvalue weighted by Gasteiger charge is -2.43. The molecule has 2 atom stereocenters. The second-order valence-electron chi connectivity index (χ2n) is 7.34. The van der Waals surface area contributed by atoms with Gasteiger partial charge in [-0.25, -0.2) is 0 Å². The first-order valence-electron chi connectivity index (χ1n) is 9.53. The number of hydrogen-bond donors (Lipinski definition) is 0. The largest absolute Gasteiger partial charge is 0.374 e. The van der Waals surface area contributed by atoms with Crippen LogP contribution in [0, 0.1) is 0 Å². The third-order valence-electron chi connectivity index (χ3n) is 5.73. The quantitative estimate of drug-likeness (QED) is 0.848. The van der Waals surface area contributed by atoms with Crippen LogP contribution in [0.1, 0.15) is 44.1 Å². The molecular formula is C20H26N2O3. The number of benzene rings is 1. The average molecular weight is 342 g/mol. The molecule has 0 bridgehead atoms. The normalized spacial score (nSPS) is 26.6. The SMILES string of the molecule is O=C1CCCN1c1ccc(CC(=O)N2CCO[C@H]3CCCC[C@@H]32)cc1. The van der Waals surface area contributed by atoms with E-state index in [1.165, 1.54) is 12.8 Å². The molecule has 0 radical (unpaired) electrons. The molecule has 5 heteroatoms.